The summed E-state index contributed by atoms with van der Waals surface area (Å²) < 4.78 is 15.5. The molecule has 0 bridgehead atoms. The van der Waals surface area contributed by atoms with E-state index >= 15 is 0 Å². The molecule has 0 amide bonds. The van der Waals surface area contributed by atoms with Crippen LogP contribution in [0.15, 0.2) is 54.2 Å². The Hall–Kier alpha value is -4.22. The average molecular weight is 577 g/mol. The summed E-state index contributed by atoms with van der Waals surface area (Å²) in [6.45, 7) is 4.01. The van der Waals surface area contributed by atoms with Crippen molar-refractivity contribution in [1.82, 2.24) is 20.0 Å². The first-order valence-corrected chi connectivity index (χ1v) is 13.3. The van der Waals surface area contributed by atoms with Gasteiger partial charge in [-0.2, -0.15) is 10.5 Å². The van der Waals surface area contributed by atoms with E-state index < -0.39 is 11.9 Å². The van der Waals surface area contributed by atoms with Crippen molar-refractivity contribution in [1.29, 1.82) is 10.5 Å². The molecular formula is C27H19Cl2FN8S. The normalized spacial score (nSPS) is 11.8. The van der Waals surface area contributed by atoms with Crippen molar-refractivity contribution in [3.05, 3.63) is 91.7 Å². The SMILES string of the molecule is CC(C)n1cc([C@@H](Nc2cc(Cl)c3ncc(C#N)c(Nc4ccc(F)c(Cl)c4)c3c2)c2cc(C#N)cs2)nn1. The summed E-state index contributed by atoms with van der Waals surface area (Å²) in [5, 5.41) is 37.1. The fourth-order valence-electron chi connectivity index (χ4n) is 3.98. The lowest BCUT2D eigenvalue weighted by molar-refractivity contribution is 0.514. The summed E-state index contributed by atoms with van der Waals surface area (Å²) in [5.74, 6) is -0.551. The van der Waals surface area contributed by atoms with Crippen molar-refractivity contribution in [2.24, 2.45) is 0 Å². The lowest BCUT2D eigenvalue weighted by Crippen LogP contribution is -2.12. The summed E-state index contributed by atoms with van der Waals surface area (Å²) in [6.07, 6.45) is 3.29. The van der Waals surface area contributed by atoms with Gasteiger partial charge in [-0.25, -0.2) is 9.07 Å². The zero-order chi connectivity index (χ0) is 27.7. The second-order valence-corrected chi connectivity index (χ2v) is 10.7. The molecule has 12 heteroatoms. The number of nitrogens with one attached hydrogen (secondary N) is 2. The fourth-order valence-corrected chi connectivity index (χ4v) is 5.32. The van der Waals surface area contributed by atoms with E-state index in [-0.39, 0.29) is 16.6 Å². The van der Waals surface area contributed by atoms with Gasteiger partial charge in [0.05, 0.1) is 38.6 Å². The van der Waals surface area contributed by atoms with Crippen molar-refractivity contribution in [3.8, 4) is 12.1 Å². The van der Waals surface area contributed by atoms with Gasteiger partial charge in [-0.3, -0.25) is 4.98 Å². The second-order valence-electron chi connectivity index (χ2n) is 8.91. The minimum atomic E-state index is -0.551. The smallest absolute Gasteiger partial charge is 0.141 e. The van der Waals surface area contributed by atoms with Crippen molar-refractivity contribution < 1.29 is 4.39 Å². The fraction of sp³-hybridized carbons (Fsp3) is 0.148. The number of nitrogens with zero attached hydrogens (tertiary/aromatic N) is 6. The molecule has 0 unspecified atom stereocenters. The van der Waals surface area contributed by atoms with Crippen LogP contribution in [0.4, 0.5) is 21.5 Å². The summed E-state index contributed by atoms with van der Waals surface area (Å²) in [5.41, 5.74) is 3.51. The quantitative estimate of drug-likeness (QED) is 0.205. The number of hydrogen-bond donors (Lipinski definition) is 2. The van der Waals surface area contributed by atoms with Crippen LogP contribution in [0.5, 0.6) is 0 Å². The number of aromatic nitrogens is 4. The lowest BCUT2D eigenvalue weighted by Gasteiger charge is -2.19. The molecule has 194 valence electrons. The number of anilines is 3. The predicted octanol–water partition coefficient (Wildman–Crippen LogP) is 7.60. The minimum absolute atomic E-state index is 0.0535. The van der Waals surface area contributed by atoms with Crippen LogP contribution in [0, 0.1) is 28.5 Å². The van der Waals surface area contributed by atoms with E-state index in [1.807, 2.05) is 26.1 Å². The van der Waals surface area contributed by atoms with Gasteiger partial charge in [0.1, 0.15) is 29.7 Å². The van der Waals surface area contributed by atoms with E-state index in [4.69, 9.17) is 23.2 Å². The van der Waals surface area contributed by atoms with Crippen molar-refractivity contribution in [2.75, 3.05) is 10.6 Å². The van der Waals surface area contributed by atoms with Crippen LogP contribution in [-0.2, 0) is 0 Å². The Balaban J connectivity index is 1.61. The highest BCUT2D eigenvalue weighted by Crippen LogP contribution is 2.38. The van der Waals surface area contributed by atoms with Gasteiger partial charge in [-0.15, -0.1) is 16.4 Å². The molecule has 0 aliphatic rings. The molecule has 0 saturated heterocycles. The Morgan fingerprint density at radius 2 is 1.85 bits per heavy atom. The molecule has 0 saturated carbocycles. The van der Waals surface area contributed by atoms with Gasteiger partial charge in [0.25, 0.3) is 0 Å². The van der Waals surface area contributed by atoms with Crippen LogP contribution >= 0.6 is 34.5 Å². The van der Waals surface area contributed by atoms with Gasteiger partial charge in [-0.05, 0) is 50.2 Å². The van der Waals surface area contributed by atoms with E-state index in [1.165, 1.54) is 35.7 Å². The van der Waals surface area contributed by atoms with Crippen LogP contribution in [-0.4, -0.2) is 20.0 Å². The zero-order valence-electron chi connectivity index (χ0n) is 20.6. The number of fused-ring (bicyclic) bond motifs is 1. The van der Waals surface area contributed by atoms with Crippen LogP contribution in [0.1, 0.15) is 47.6 Å². The van der Waals surface area contributed by atoms with Crippen LogP contribution in [0.2, 0.25) is 10.0 Å². The van der Waals surface area contributed by atoms with Gasteiger partial charge in [0, 0.05) is 39.3 Å². The van der Waals surface area contributed by atoms with Gasteiger partial charge in [0.2, 0.25) is 0 Å². The molecule has 39 heavy (non-hydrogen) atoms. The van der Waals surface area contributed by atoms with Gasteiger partial charge in [0.15, 0.2) is 0 Å². The van der Waals surface area contributed by atoms with Crippen LogP contribution in [0.25, 0.3) is 10.9 Å². The summed E-state index contributed by atoms with van der Waals surface area (Å²) >= 11 is 14.1. The third-order valence-electron chi connectivity index (χ3n) is 5.93. The number of pyridine rings is 1. The maximum atomic E-state index is 13.7. The largest absolute Gasteiger partial charge is 0.372 e. The summed E-state index contributed by atoms with van der Waals surface area (Å²) in [4.78, 5) is 5.25. The topological polar surface area (TPSA) is 115 Å². The molecular weight excluding hydrogens is 558 g/mol. The molecule has 3 aromatic heterocycles. The first-order valence-electron chi connectivity index (χ1n) is 11.7. The van der Waals surface area contributed by atoms with Crippen molar-refractivity contribution >= 4 is 62.5 Å². The highest BCUT2D eigenvalue weighted by Gasteiger charge is 2.22. The molecule has 5 rings (SSSR count). The Morgan fingerprint density at radius 1 is 1.05 bits per heavy atom. The number of nitriles is 2. The summed E-state index contributed by atoms with van der Waals surface area (Å²) in [6, 6.07) is 13.6. The molecule has 5 aromatic rings. The Kier molecular flexibility index (Phi) is 7.36. The minimum Gasteiger partial charge on any atom is -0.372 e. The van der Waals surface area contributed by atoms with E-state index in [1.54, 1.807) is 22.2 Å². The first-order chi connectivity index (χ1) is 18.8. The van der Waals surface area contributed by atoms with Crippen molar-refractivity contribution in [2.45, 2.75) is 25.9 Å². The highest BCUT2D eigenvalue weighted by atomic mass is 35.5. The highest BCUT2D eigenvalue weighted by molar-refractivity contribution is 7.10. The number of rotatable bonds is 7. The van der Waals surface area contributed by atoms with Crippen LogP contribution < -0.4 is 10.6 Å². The molecule has 0 spiro atoms. The van der Waals surface area contributed by atoms with Crippen LogP contribution in [0.3, 0.4) is 0 Å². The summed E-state index contributed by atoms with van der Waals surface area (Å²) in [7, 11) is 0. The number of hydrogen-bond acceptors (Lipinski definition) is 8. The Morgan fingerprint density at radius 3 is 2.51 bits per heavy atom. The number of thiophene rings is 1. The standard InChI is InChI=1S/C27H19Cl2FN8S/c1-14(2)38-12-23(36-37-38)27(24-5-15(9-31)13-39-24)35-18-6-19-25(34-17-3-4-22(30)20(28)7-17)16(10-32)11-33-26(19)21(29)8-18/h3-8,11-14,27,35H,1-2H3,(H,33,34)/t27-/m1/s1. The third-order valence-corrected chi connectivity index (χ3v) is 7.51. The third kappa shape index (κ3) is 5.36. The van der Waals surface area contributed by atoms with Gasteiger partial charge >= 0.3 is 0 Å². The lowest BCUT2D eigenvalue weighted by atomic mass is 10.1. The van der Waals surface area contributed by atoms with Crippen molar-refractivity contribution in [3.63, 3.8) is 0 Å². The predicted molar refractivity (Wildman–Crippen MR) is 151 cm³/mol. The monoisotopic (exact) mass is 576 g/mol. The van der Waals surface area contributed by atoms with E-state index in [2.05, 4.69) is 38.1 Å². The van der Waals surface area contributed by atoms with E-state index in [0.29, 0.717) is 44.2 Å². The molecule has 2 N–H and O–H groups in total. The maximum absolute atomic E-state index is 13.7. The number of halogens is 3. The molecule has 3 heterocycles. The molecule has 0 radical (unpaired) electrons. The Bertz CT molecular complexity index is 1780. The van der Waals surface area contributed by atoms with E-state index in [0.717, 1.165) is 4.88 Å². The molecule has 0 aliphatic heterocycles. The second kappa shape index (κ2) is 10.9. The molecule has 1 atom stereocenters. The average Bonchev–Trinajstić information content (AvgIpc) is 3.60. The molecule has 8 nitrogen and oxygen atoms in total. The first kappa shape index (κ1) is 26.4. The zero-order valence-corrected chi connectivity index (χ0v) is 22.9. The van der Waals surface area contributed by atoms with Gasteiger partial charge < -0.3 is 10.6 Å². The number of benzene rings is 2. The molecule has 0 fully saturated rings. The Labute approximate surface area is 237 Å². The maximum Gasteiger partial charge on any atom is 0.141 e. The molecule has 2 aromatic carbocycles. The molecule has 0 aliphatic carbocycles. The van der Waals surface area contributed by atoms with E-state index in [9.17, 15) is 14.9 Å². The van der Waals surface area contributed by atoms with Gasteiger partial charge in [-0.1, -0.05) is 28.4 Å².